The van der Waals surface area contributed by atoms with Gasteiger partial charge in [0.1, 0.15) is 0 Å². The van der Waals surface area contributed by atoms with Gasteiger partial charge in [0.25, 0.3) is 0 Å². The summed E-state index contributed by atoms with van der Waals surface area (Å²) in [6.07, 6.45) is 9.52. The number of hydrogen-bond acceptors (Lipinski definition) is 2. The van der Waals surface area contributed by atoms with Crippen molar-refractivity contribution < 1.29 is 0 Å². The second-order valence-corrected chi connectivity index (χ2v) is 8.09. The molecule has 2 heteroatoms. The quantitative estimate of drug-likeness (QED) is 0.755. The molecule has 1 aliphatic carbocycles. The topological polar surface area (TPSA) is 29.3 Å². The Hall–Kier alpha value is -0.0800. The summed E-state index contributed by atoms with van der Waals surface area (Å²) in [7, 11) is 2.33. The zero-order valence-corrected chi connectivity index (χ0v) is 14.6. The van der Waals surface area contributed by atoms with Crippen LogP contribution in [0.4, 0.5) is 0 Å². The van der Waals surface area contributed by atoms with Crippen molar-refractivity contribution in [3.63, 3.8) is 0 Å². The van der Waals surface area contributed by atoms with E-state index >= 15 is 0 Å². The predicted molar refractivity (Wildman–Crippen MR) is 89.9 cm³/mol. The molecule has 120 valence electrons. The zero-order chi connectivity index (χ0) is 15.2. The van der Waals surface area contributed by atoms with E-state index in [2.05, 4.69) is 39.6 Å². The molecule has 0 radical (unpaired) electrons. The molecule has 1 fully saturated rings. The first-order valence-electron chi connectivity index (χ1n) is 8.76. The maximum atomic E-state index is 5.78. The smallest absolute Gasteiger partial charge is 0.0118 e. The summed E-state index contributed by atoms with van der Waals surface area (Å²) in [6, 6.07) is 0.825. The van der Waals surface area contributed by atoms with Crippen molar-refractivity contribution in [3.8, 4) is 0 Å². The van der Waals surface area contributed by atoms with Gasteiger partial charge in [-0.2, -0.15) is 0 Å². The van der Waals surface area contributed by atoms with E-state index in [0.717, 1.165) is 24.4 Å². The largest absolute Gasteiger partial charge is 0.330 e. The van der Waals surface area contributed by atoms with Crippen molar-refractivity contribution in [2.45, 2.75) is 78.7 Å². The van der Waals surface area contributed by atoms with Crippen LogP contribution in [0.5, 0.6) is 0 Å². The highest BCUT2D eigenvalue weighted by Gasteiger charge is 2.26. The van der Waals surface area contributed by atoms with Crippen LogP contribution in [0, 0.1) is 17.3 Å². The molecule has 0 saturated heterocycles. The molecule has 3 unspecified atom stereocenters. The molecule has 0 aromatic carbocycles. The molecule has 0 aromatic rings. The maximum Gasteiger partial charge on any atom is 0.0118 e. The van der Waals surface area contributed by atoms with Gasteiger partial charge >= 0.3 is 0 Å². The lowest BCUT2D eigenvalue weighted by molar-refractivity contribution is 0.129. The standard InChI is InChI=1S/C18H38N2/c1-15-9-6-7-11-17(15)20(5)14-8-10-16(12-13-19)18(2,3)4/h15-17H,6-14,19H2,1-5H3. The van der Waals surface area contributed by atoms with E-state index in [9.17, 15) is 0 Å². The van der Waals surface area contributed by atoms with E-state index < -0.39 is 0 Å². The van der Waals surface area contributed by atoms with Gasteiger partial charge in [-0.3, -0.25) is 0 Å². The van der Waals surface area contributed by atoms with Gasteiger partial charge in [-0.15, -0.1) is 0 Å². The Morgan fingerprint density at radius 1 is 1.15 bits per heavy atom. The van der Waals surface area contributed by atoms with Gasteiger partial charge < -0.3 is 10.6 Å². The lowest BCUT2D eigenvalue weighted by atomic mass is 9.76. The third kappa shape index (κ3) is 5.73. The number of hydrogen-bond donors (Lipinski definition) is 1. The summed E-state index contributed by atoms with van der Waals surface area (Å²) in [5.74, 6) is 1.65. The molecule has 20 heavy (non-hydrogen) atoms. The number of nitrogens with zero attached hydrogens (tertiary/aromatic N) is 1. The fourth-order valence-electron chi connectivity index (χ4n) is 3.92. The fraction of sp³-hybridized carbons (Fsp3) is 1.00. The Kier molecular flexibility index (Phi) is 7.53. The molecule has 0 aliphatic heterocycles. The van der Waals surface area contributed by atoms with Crippen molar-refractivity contribution in [2.24, 2.45) is 23.0 Å². The van der Waals surface area contributed by atoms with E-state index in [1.807, 2.05) is 0 Å². The van der Waals surface area contributed by atoms with Crippen molar-refractivity contribution in [1.82, 2.24) is 4.90 Å². The lowest BCUT2D eigenvalue weighted by Gasteiger charge is -2.37. The summed E-state index contributed by atoms with van der Waals surface area (Å²) < 4.78 is 0. The van der Waals surface area contributed by atoms with Crippen LogP contribution in [0.25, 0.3) is 0 Å². The van der Waals surface area contributed by atoms with Crippen LogP contribution in [-0.4, -0.2) is 31.1 Å². The monoisotopic (exact) mass is 282 g/mol. The summed E-state index contributed by atoms with van der Waals surface area (Å²) in [6.45, 7) is 11.6. The highest BCUT2D eigenvalue weighted by molar-refractivity contribution is 4.80. The highest BCUT2D eigenvalue weighted by Crippen LogP contribution is 2.33. The first-order chi connectivity index (χ1) is 9.36. The van der Waals surface area contributed by atoms with Crippen LogP contribution in [0.1, 0.15) is 72.6 Å². The molecule has 0 heterocycles. The minimum Gasteiger partial charge on any atom is -0.330 e. The molecular formula is C18H38N2. The summed E-state index contributed by atoms with van der Waals surface area (Å²) in [4.78, 5) is 2.63. The molecule has 1 rings (SSSR count). The van der Waals surface area contributed by atoms with E-state index in [0.29, 0.717) is 5.41 Å². The number of rotatable bonds is 7. The molecule has 1 aliphatic rings. The lowest BCUT2D eigenvalue weighted by Crippen LogP contribution is -2.39. The van der Waals surface area contributed by atoms with E-state index in [1.165, 1.54) is 51.5 Å². The SMILES string of the molecule is CC1CCCCC1N(C)CCCC(CCN)C(C)(C)C. The molecular weight excluding hydrogens is 244 g/mol. The minimum atomic E-state index is 0.399. The van der Waals surface area contributed by atoms with Crippen LogP contribution in [0.15, 0.2) is 0 Å². The van der Waals surface area contributed by atoms with Gasteiger partial charge in [0.2, 0.25) is 0 Å². The molecule has 0 bridgehead atoms. The number of nitrogens with two attached hydrogens (primary N) is 1. The van der Waals surface area contributed by atoms with Gasteiger partial charge in [0.15, 0.2) is 0 Å². The Morgan fingerprint density at radius 2 is 1.80 bits per heavy atom. The third-order valence-electron chi connectivity index (χ3n) is 5.44. The first kappa shape index (κ1) is 18.0. The van der Waals surface area contributed by atoms with Crippen LogP contribution < -0.4 is 5.73 Å². The van der Waals surface area contributed by atoms with Gasteiger partial charge in [-0.05, 0) is 69.5 Å². The summed E-state index contributed by atoms with van der Waals surface area (Å²) in [5, 5.41) is 0. The predicted octanol–water partition coefficient (Wildman–Crippen LogP) is 4.29. The van der Waals surface area contributed by atoms with Crippen molar-refractivity contribution in [2.75, 3.05) is 20.1 Å². The van der Waals surface area contributed by atoms with Crippen LogP contribution in [0.3, 0.4) is 0 Å². The normalized spacial score (nSPS) is 25.9. The van der Waals surface area contributed by atoms with Crippen molar-refractivity contribution in [3.05, 3.63) is 0 Å². The van der Waals surface area contributed by atoms with E-state index in [1.54, 1.807) is 0 Å². The molecule has 3 atom stereocenters. The molecule has 1 saturated carbocycles. The third-order valence-corrected chi connectivity index (χ3v) is 5.44. The molecule has 0 aromatic heterocycles. The highest BCUT2D eigenvalue weighted by atomic mass is 15.1. The zero-order valence-electron chi connectivity index (χ0n) is 14.6. The molecule has 2 nitrogen and oxygen atoms in total. The Bertz CT molecular complexity index is 257. The van der Waals surface area contributed by atoms with Gasteiger partial charge in [-0.25, -0.2) is 0 Å². The second kappa shape index (κ2) is 8.38. The van der Waals surface area contributed by atoms with E-state index in [4.69, 9.17) is 5.73 Å². The molecule has 0 amide bonds. The summed E-state index contributed by atoms with van der Waals surface area (Å²) >= 11 is 0. The Balaban J connectivity index is 2.34. The van der Waals surface area contributed by atoms with Crippen LogP contribution in [0.2, 0.25) is 0 Å². The van der Waals surface area contributed by atoms with Crippen molar-refractivity contribution in [1.29, 1.82) is 0 Å². The summed E-state index contributed by atoms with van der Waals surface area (Å²) in [5.41, 5.74) is 6.18. The van der Waals surface area contributed by atoms with Crippen LogP contribution in [-0.2, 0) is 0 Å². The minimum absolute atomic E-state index is 0.399. The molecule has 2 N–H and O–H groups in total. The van der Waals surface area contributed by atoms with Gasteiger partial charge in [-0.1, -0.05) is 40.5 Å². The Labute approximate surface area is 127 Å². The molecule has 0 spiro atoms. The van der Waals surface area contributed by atoms with Crippen molar-refractivity contribution >= 4 is 0 Å². The maximum absolute atomic E-state index is 5.78. The first-order valence-corrected chi connectivity index (χ1v) is 8.76. The van der Waals surface area contributed by atoms with E-state index in [-0.39, 0.29) is 0 Å². The second-order valence-electron chi connectivity index (χ2n) is 8.09. The van der Waals surface area contributed by atoms with Gasteiger partial charge in [0, 0.05) is 6.04 Å². The average molecular weight is 283 g/mol. The van der Waals surface area contributed by atoms with Crippen LogP contribution >= 0.6 is 0 Å². The fourth-order valence-corrected chi connectivity index (χ4v) is 3.92. The Morgan fingerprint density at radius 3 is 2.35 bits per heavy atom. The van der Waals surface area contributed by atoms with Gasteiger partial charge in [0.05, 0.1) is 0 Å². The average Bonchev–Trinajstić information content (AvgIpc) is 2.37.